The number of amides is 2. The van der Waals surface area contributed by atoms with Gasteiger partial charge in [-0.05, 0) is 75.1 Å². The van der Waals surface area contributed by atoms with Crippen molar-refractivity contribution in [3.63, 3.8) is 0 Å². The molecule has 8 heteroatoms. The number of likely N-dealkylation sites (tertiary alicyclic amines) is 3. The first-order valence-electron chi connectivity index (χ1n) is 14.3. The maximum absolute atomic E-state index is 13.0. The van der Waals surface area contributed by atoms with E-state index < -0.39 is 0 Å². The van der Waals surface area contributed by atoms with Crippen LogP contribution in [-0.4, -0.2) is 83.1 Å². The van der Waals surface area contributed by atoms with E-state index >= 15 is 0 Å². The lowest BCUT2D eigenvalue weighted by Crippen LogP contribution is -2.63. The molecule has 198 valence electrons. The highest BCUT2D eigenvalue weighted by Gasteiger charge is 2.49. The van der Waals surface area contributed by atoms with Crippen LogP contribution in [0.1, 0.15) is 68.9 Å². The van der Waals surface area contributed by atoms with Gasteiger partial charge in [0.1, 0.15) is 5.84 Å². The number of piperidine rings is 2. The van der Waals surface area contributed by atoms with Gasteiger partial charge in [-0.25, -0.2) is 4.79 Å². The Hall–Kier alpha value is -2.79. The number of hydrogen-bond donors (Lipinski definition) is 1. The number of carbonyl (C=O) groups is 1. The van der Waals surface area contributed by atoms with Gasteiger partial charge in [-0.15, -0.1) is 0 Å². The third kappa shape index (κ3) is 4.67. The zero-order valence-electron chi connectivity index (χ0n) is 22.1. The molecule has 0 radical (unpaired) electrons. The van der Waals surface area contributed by atoms with Gasteiger partial charge in [-0.2, -0.15) is 10.4 Å². The molecule has 1 spiro atoms. The lowest BCUT2D eigenvalue weighted by molar-refractivity contribution is -0.00435. The predicted molar refractivity (Wildman–Crippen MR) is 143 cm³/mol. The van der Waals surface area contributed by atoms with Crippen LogP contribution in [0.5, 0.6) is 0 Å². The van der Waals surface area contributed by atoms with E-state index in [0.717, 1.165) is 62.3 Å². The molecule has 0 aromatic heterocycles. The van der Waals surface area contributed by atoms with E-state index in [0.29, 0.717) is 43.3 Å². The highest BCUT2D eigenvalue weighted by atomic mass is 16.3. The van der Waals surface area contributed by atoms with Crippen LogP contribution in [0, 0.1) is 29.6 Å². The minimum absolute atomic E-state index is 0.158. The van der Waals surface area contributed by atoms with Crippen LogP contribution in [0.4, 0.5) is 10.5 Å². The number of anilines is 1. The Bertz CT molecular complexity index is 1080. The molecule has 37 heavy (non-hydrogen) atoms. The molecular weight excluding hydrogens is 464 g/mol. The highest BCUT2D eigenvalue weighted by Crippen LogP contribution is 2.44. The molecule has 5 aliphatic rings. The van der Waals surface area contributed by atoms with Crippen LogP contribution in [0.25, 0.3) is 0 Å². The summed E-state index contributed by atoms with van der Waals surface area (Å²) in [6.45, 7) is 7.11. The largest absolute Gasteiger partial charge is 0.393 e. The molecule has 2 amide bonds. The topological polar surface area (TPSA) is 86.4 Å². The van der Waals surface area contributed by atoms with Gasteiger partial charge in [-0.1, -0.05) is 12.8 Å². The van der Waals surface area contributed by atoms with Crippen molar-refractivity contribution in [1.82, 2.24) is 14.7 Å². The second-order valence-corrected chi connectivity index (χ2v) is 12.1. The van der Waals surface area contributed by atoms with E-state index in [4.69, 9.17) is 5.10 Å². The zero-order valence-corrected chi connectivity index (χ0v) is 22.1. The smallest absolute Gasteiger partial charge is 0.320 e. The number of nitrogens with zero attached hydrogens (tertiary/aromatic N) is 6. The summed E-state index contributed by atoms with van der Waals surface area (Å²) in [6, 6.07) is 8.97. The van der Waals surface area contributed by atoms with Gasteiger partial charge in [0.25, 0.3) is 0 Å². The van der Waals surface area contributed by atoms with Crippen LogP contribution in [0.3, 0.4) is 0 Å². The average molecular weight is 505 g/mol. The maximum atomic E-state index is 13.0. The molecule has 1 saturated carbocycles. The third-order valence-electron chi connectivity index (χ3n) is 9.72. The van der Waals surface area contributed by atoms with Crippen molar-refractivity contribution in [1.29, 1.82) is 5.26 Å². The fraction of sp³-hybridized carbons (Fsp3) is 0.690. The van der Waals surface area contributed by atoms with Gasteiger partial charge in [0, 0.05) is 51.1 Å². The number of hydrazone groups is 1. The van der Waals surface area contributed by atoms with Crippen molar-refractivity contribution in [2.45, 2.75) is 76.9 Å². The van der Waals surface area contributed by atoms with Crippen molar-refractivity contribution in [3.05, 3.63) is 29.3 Å². The molecule has 1 N–H and O–H groups in total. The molecular formula is C29H40N6O2. The first-order valence-corrected chi connectivity index (χ1v) is 14.3. The Labute approximate surface area is 220 Å². The summed E-state index contributed by atoms with van der Waals surface area (Å²) >= 11 is 0. The lowest BCUT2D eigenvalue weighted by Gasteiger charge is -2.55. The Morgan fingerprint density at radius 3 is 2.38 bits per heavy atom. The van der Waals surface area contributed by atoms with Gasteiger partial charge in [-0.3, -0.25) is 5.01 Å². The number of aliphatic hydroxyl groups is 1. The first-order chi connectivity index (χ1) is 17.9. The normalized spacial score (nSPS) is 26.4. The fourth-order valence-corrected chi connectivity index (χ4v) is 7.27. The minimum atomic E-state index is -0.252. The van der Waals surface area contributed by atoms with Gasteiger partial charge < -0.3 is 19.8 Å². The Balaban J connectivity index is 1.09. The van der Waals surface area contributed by atoms with Crippen LogP contribution in [-0.2, 0) is 0 Å². The molecule has 4 aliphatic heterocycles. The lowest BCUT2D eigenvalue weighted by atomic mass is 9.71. The number of rotatable bonds is 2. The number of amidine groups is 1. The Morgan fingerprint density at radius 1 is 1.05 bits per heavy atom. The summed E-state index contributed by atoms with van der Waals surface area (Å²) in [5.74, 6) is 1.90. The summed E-state index contributed by atoms with van der Waals surface area (Å²) in [4.78, 5) is 19.4. The van der Waals surface area contributed by atoms with E-state index in [1.54, 1.807) is 0 Å². The van der Waals surface area contributed by atoms with Crippen LogP contribution in [0.2, 0.25) is 0 Å². The average Bonchev–Trinajstić information content (AvgIpc) is 3.58. The molecule has 1 aromatic carbocycles. The summed E-state index contributed by atoms with van der Waals surface area (Å²) in [5, 5.41) is 26.6. The molecule has 4 fully saturated rings. The molecule has 6 rings (SSSR count). The SMILES string of the molecule is Cc1cc(N2N=C(N3CC4(CCN(C(=O)N5CCC(O)CC5)CC4)C3)CC2C2CCCC2)ccc1C#N. The van der Waals surface area contributed by atoms with Crippen LogP contribution >= 0.6 is 0 Å². The molecule has 0 bridgehead atoms. The Kier molecular flexibility index (Phi) is 6.52. The summed E-state index contributed by atoms with van der Waals surface area (Å²) < 4.78 is 0. The van der Waals surface area contributed by atoms with Gasteiger partial charge >= 0.3 is 6.03 Å². The quantitative estimate of drug-likeness (QED) is 0.660. The van der Waals surface area contributed by atoms with Crippen molar-refractivity contribution in [2.75, 3.05) is 44.3 Å². The minimum Gasteiger partial charge on any atom is -0.393 e. The van der Waals surface area contributed by atoms with Gasteiger partial charge in [0.15, 0.2) is 0 Å². The van der Waals surface area contributed by atoms with Gasteiger partial charge in [0.05, 0.1) is 29.5 Å². The molecule has 8 nitrogen and oxygen atoms in total. The molecule has 3 saturated heterocycles. The van der Waals surface area contributed by atoms with E-state index in [2.05, 4.69) is 28.1 Å². The standard InChI is InChI=1S/C29H40N6O2/c1-21-16-24(7-6-23(21)18-30)35-26(22-4-2-3-5-22)17-27(31-35)34-19-29(20-34)10-14-33(15-11-29)28(37)32-12-8-25(36)9-13-32/h6-7,16,22,25-26,36H,2-5,8-15,17,19-20H2,1H3. The number of carbonyl (C=O) groups excluding carboxylic acids is 1. The van der Waals surface area contributed by atoms with Crippen molar-refractivity contribution >= 4 is 17.6 Å². The predicted octanol–water partition coefficient (Wildman–Crippen LogP) is 3.92. The third-order valence-corrected chi connectivity index (χ3v) is 9.72. The van der Waals surface area contributed by atoms with Crippen LogP contribution < -0.4 is 5.01 Å². The van der Waals surface area contributed by atoms with Gasteiger partial charge in [0.2, 0.25) is 0 Å². The zero-order chi connectivity index (χ0) is 25.6. The summed E-state index contributed by atoms with van der Waals surface area (Å²) in [6.07, 6.45) is 9.46. The number of hydrogen-bond acceptors (Lipinski definition) is 6. The monoisotopic (exact) mass is 504 g/mol. The molecule has 1 unspecified atom stereocenters. The van der Waals surface area contributed by atoms with E-state index in [9.17, 15) is 15.2 Å². The second kappa shape index (κ2) is 9.83. The highest BCUT2D eigenvalue weighted by molar-refractivity contribution is 5.88. The molecule has 1 atom stereocenters. The maximum Gasteiger partial charge on any atom is 0.320 e. The number of benzene rings is 1. The fourth-order valence-electron chi connectivity index (χ4n) is 7.27. The van der Waals surface area contributed by atoms with E-state index in [1.165, 1.54) is 31.5 Å². The van der Waals surface area contributed by atoms with E-state index in [-0.39, 0.29) is 12.1 Å². The number of urea groups is 1. The number of nitriles is 1. The summed E-state index contributed by atoms with van der Waals surface area (Å²) in [5.41, 5.74) is 3.16. The summed E-state index contributed by atoms with van der Waals surface area (Å²) in [7, 11) is 0. The van der Waals surface area contributed by atoms with Crippen molar-refractivity contribution < 1.29 is 9.90 Å². The molecule has 1 aromatic rings. The Morgan fingerprint density at radius 2 is 1.73 bits per heavy atom. The second-order valence-electron chi connectivity index (χ2n) is 12.1. The molecule has 4 heterocycles. The number of aryl methyl sites for hydroxylation is 1. The molecule has 1 aliphatic carbocycles. The number of aliphatic hydroxyl groups excluding tert-OH is 1. The van der Waals surface area contributed by atoms with Crippen molar-refractivity contribution in [3.8, 4) is 6.07 Å². The van der Waals surface area contributed by atoms with E-state index in [1.807, 2.05) is 22.8 Å². The van der Waals surface area contributed by atoms with Crippen molar-refractivity contribution in [2.24, 2.45) is 16.4 Å². The van der Waals surface area contributed by atoms with Crippen LogP contribution in [0.15, 0.2) is 23.3 Å². The first kappa shape index (κ1) is 24.5.